The number of anilines is 1. The van der Waals surface area contributed by atoms with Crippen molar-refractivity contribution < 1.29 is 9.84 Å². The van der Waals surface area contributed by atoms with Crippen LogP contribution in [0.15, 0.2) is 35.1 Å². The van der Waals surface area contributed by atoms with Gasteiger partial charge in [0.1, 0.15) is 18.5 Å². The molecule has 0 aliphatic heterocycles. The molecule has 0 saturated heterocycles. The van der Waals surface area contributed by atoms with Gasteiger partial charge in [-0.05, 0) is 40.5 Å². The summed E-state index contributed by atoms with van der Waals surface area (Å²) in [4.78, 5) is 0. The summed E-state index contributed by atoms with van der Waals surface area (Å²) in [6, 6.07) is 5.84. The van der Waals surface area contributed by atoms with Gasteiger partial charge in [-0.25, -0.2) is 0 Å². The molecule has 108 valence electrons. The van der Waals surface area contributed by atoms with E-state index in [9.17, 15) is 5.11 Å². The maximum absolute atomic E-state index is 9.89. The van der Waals surface area contributed by atoms with Crippen molar-refractivity contribution in [3.63, 3.8) is 0 Å². The molecule has 1 aromatic heterocycles. The summed E-state index contributed by atoms with van der Waals surface area (Å²) in [5.41, 5.74) is 2.03. The van der Waals surface area contributed by atoms with Crippen molar-refractivity contribution in [3.8, 4) is 5.75 Å². The molecular weight excluding hydrogens is 322 g/mol. The van der Waals surface area contributed by atoms with Crippen molar-refractivity contribution >= 4 is 21.6 Å². The van der Waals surface area contributed by atoms with E-state index in [1.165, 1.54) is 0 Å². The van der Waals surface area contributed by atoms with Crippen LogP contribution in [-0.2, 0) is 7.05 Å². The minimum atomic E-state index is -0.594. The quantitative estimate of drug-likeness (QED) is 0.848. The summed E-state index contributed by atoms with van der Waals surface area (Å²) in [6.07, 6.45) is 2.97. The highest BCUT2D eigenvalue weighted by atomic mass is 79.9. The van der Waals surface area contributed by atoms with E-state index < -0.39 is 6.10 Å². The maximum atomic E-state index is 9.89. The molecule has 0 amide bonds. The molecule has 1 atom stereocenters. The Bertz CT molecular complexity index is 571. The Morgan fingerprint density at radius 3 is 2.95 bits per heavy atom. The van der Waals surface area contributed by atoms with Crippen molar-refractivity contribution in [3.05, 3.63) is 40.6 Å². The summed E-state index contributed by atoms with van der Waals surface area (Å²) in [5.74, 6) is 0.732. The highest BCUT2D eigenvalue weighted by molar-refractivity contribution is 9.10. The average Bonchev–Trinajstić information content (AvgIpc) is 2.81. The Balaban J connectivity index is 1.78. The van der Waals surface area contributed by atoms with Gasteiger partial charge in [0.25, 0.3) is 0 Å². The molecule has 1 aromatic carbocycles. The molecular formula is C14H18BrN3O2. The van der Waals surface area contributed by atoms with E-state index >= 15 is 0 Å². The predicted molar refractivity (Wildman–Crippen MR) is 82.1 cm³/mol. The fraction of sp³-hybridized carbons (Fsp3) is 0.357. The lowest BCUT2D eigenvalue weighted by molar-refractivity contribution is 0.117. The van der Waals surface area contributed by atoms with Crippen LogP contribution in [0.5, 0.6) is 5.75 Å². The minimum absolute atomic E-state index is 0.231. The summed E-state index contributed by atoms with van der Waals surface area (Å²) < 4.78 is 8.19. The molecule has 5 nitrogen and oxygen atoms in total. The molecule has 6 heteroatoms. The summed E-state index contributed by atoms with van der Waals surface area (Å²) in [6.45, 7) is 2.66. The van der Waals surface area contributed by atoms with Crippen LogP contribution in [0.4, 0.5) is 5.69 Å². The zero-order valence-corrected chi connectivity index (χ0v) is 13.1. The first-order valence-electron chi connectivity index (χ1n) is 6.34. The van der Waals surface area contributed by atoms with E-state index in [2.05, 4.69) is 26.3 Å². The maximum Gasteiger partial charge on any atom is 0.133 e. The number of aliphatic hydroxyl groups excluding tert-OH is 1. The first kappa shape index (κ1) is 14.9. The normalized spacial score (nSPS) is 12.2. The molecule has 2 N–H and O–H groups in total. The average molecular weight is 340 g/mol. The van der Waals surface area contributed by atoms with Gasteiger partial charge in [0, 0.05) is 19.8 Å². The van der Waals surface area contributed by atoms with Gasteiger partial charge in [-0.3, -0.25) is 4.68 Å². The number of hydrogen-bond donors (Lipinski definition) is 2. The number of aryl methyl sites for hydroxylation is 2. The van der Waals surface area contributed by atoms with E-state index in [1.807, 2.05) is 38.4 Å². The first-order valence-corrected chi connectivity index (χ1v) is 7.13. The van der Waals surface area contributed by atoms with Gasteiger partial charge < -0.3 is 15.2 Å². The van der Waals surface area contributed by atoms with Crippen LogP contribution in [0.25, 0.3) is 0 Å². The van der Waals surface area contributed by atoms with E-state index in [1.54, 1.807) is 10.9 Å². The van der Waals surface area contributed by atoms with E-state index in [4.69, 9.17) is 4.74 Å². The molecule has 0 fully saturated rings. The molecule has 2 aromatic rings. The number of hydrogen-bond acceptors (Lipinski definition) is 4. The molecule has 0 radical (unpaired) electrons. The fourth-order valence-electron chi connectivity index (χ4n) is 1.72. The van der Waals surface area contributed by atoms with Crippen LogP contribution in [0.1, 0.15) is 5.56 Å². The van der Waals surface area contributed by atoms with Gasteiger partial charge in [-0.2, -0.15) is 5.10 Å². The van der Waals surface area contributed by atoms with Crippen LogP contribution in [0.2, 0.25) is 0 Å². The van der Waals surface area contributed by atoms with Gasteiger partial charge in [-0.1, -0.05) is 6.07 Å². The van der Waals surface area contributed by atoms with Crippen molar-refractivity contribution in [1.29, 1.82) is 0 Å². The second-order valence-corrected chi connectivity index (χ2v) is 5.54. The molecule has 1 heterocycles. The van der Waals surface area contributed by atoms with Crippen molar-refractivity contribution in [2.45, 2.75) is 13.0 Å². The van der Waals surface area contributed by atoms with E-state index in [-0.39, 0.29) is 6.61 Å². The minimum Gasteiger partial charge on any atom is -0.490 e. The molecule has 0 aliphatic rings. The number of rotatable bonds is 6. The lowest BCUT2D eigenvalue weighted by atomic mass is 10.2. The molecule has 20 heavy (non-hydrogen) atoms. The highest BCUT2D eigenvalue weighted by Crippen LogP contribution is 2.25. The Labute approximate surface area is 126 Å². The number of halogens is 1. The topological polar surface area (TPSA) is 59.3 Å². The Morgan fingerprint density at radius 1 is 1.50 bits per heavy atom. The van der Waals surface area contributed by atoms with Crippen LogP contribution in [0, 0.1) is 6.92 Å². The second kappa shape index (κ2) is 6.76. The SMILES string of the molecule is Cc1ccc(OCC(O)CNc2cnn(C)c2)c(Br)c1. The van der Waals surface area contributed by atoms with Gasteiger partial charge in [-0.15, -0.1) is 0 Å². The predicted octanol–water partition coefficient (Wildman–Crippen LogP) is 2.34. The van der Waals surface area contributed by atoms with Crippen molar-refractivity contribution in [2.24, 2.45) is 7.05 Å². The summed E-state index contributed by atoms with van der Waals surface area (Å²) >= 11 is 3.44. The number of nitrogens with zero attached hydrogens (tertiary/aromatic N) is 2. The number of aliphatic hydroxyl groups is 1. The van der Waals surface area contributed by atoms with Crippen molar-refractivity contribution in [1.82, 2.24) is 9.78 Å². The number of benzene rings is 1. The van der Waals surface area contributed by atoms with Gasteiger partial charge >= 0.3 is 0 Å². The lowest BCUT2D eigenvalue weighted by Gasteiger charge is -2.14. The summed E-state index contributed by atoms with van der Waals surface area (Å²) in [5, 5.41) is 17.0. The molecule has 1 unspecified atom stereocenters. The van der Waals surface area contributed by atoms with Gasteiger partial charge in [0.15, 0.2) is 0 Å². The summed E-state index contributed by atoms with van der Waals surface area (Å²) in [7, 11) is 1.85. The molecule has 0 aliphatic carbocycles. The first-order chi connectivity index (χ1) is 9.54. The number of nitrogens with one attached hydrogen (secondary N) is 1. The number of aromatic nitrogens is 2. The van der Waals surface area contributed by atoms with Gasteiger partial charge in [0.2, 0.25) is 0 Å². The highest BCUT2D eigenvalue weighted by Gasteiger charge is 2.08. The smallest absolute Gasteiger partial charge is 0.133 e. The van der Waals surface area contributed by atoms with E-state index in [0.717, 1.165) is 21.5 Å². The zero-order chi connectivity index (χ0) is 14.5. The third-order valence-corrected chi connectivity index (χ3v) is 3.39. The third-order valence-electron chi connectivity index (χ3n) is 2.77. The monoisotopic (exact) mass is 339 g/mol. The molecule has 2 rings (SSSR count). The second-order valence-electron chi connectivity index (χ2n) is 4.68. The Morgan fingerprint density at radius 2 is 2.30 bits per heavy atom. The van der Waals surface area contributed by atoms with Crippen LogP contribution in [0.3, 0.4) is 0 Å². The van der Waals surface area contributed by atoms with Gasteiger partial charge in [0.05, 0.1) is 16.4 Å². The largest absolute Gasteiger partial charge is 0.490 e. The molecule has 0 bridgehead atoms. The lowest BCUT2D eigenvalue weighted by Crippen LogP contribution is -2.26. The standard InChI is InChI=1S/C14H18BrN3O2/c1-10-3-4-14(13(15)5-10)20-9-12(19)7-16-11-6-17-18(2)8-11/h3-6,8,12,16,19H,7,9H2,1-2H3. The van der Waals surface area contributed by atoms with Crippen LogP contribution >= 0.6 is 15.9 Å². The zero-order valence-electron chi connectivity index (χ0n) is 11.5. The Hall–Kier alpha value is -1.53. The van der Waals surface area contributed by atoms with Crippen molar-refractivity contribution in [2.75, 3.05) is 18.5 Å². The molecule has 0 saturated carbocycles. The Kier molecular flexibility index (Phi) is 5.03. The molecule has 0 spiro atoms. The third kappa shape index (κ3) is 4.25. The fourth-order valence-corrected chi connectivity index (χ4v) is 2.32. The number of ether oxygens (including phenoxy) is 1. The van der Waals surface area contributed by atoms with E-state index in [0.29, 0.717) is 6.54 Å². The van der Waals surface area contributed by atoms with Crippen LogP contribution in [-0.4, -0.2) is 34.1 Å². The van der Waals surface area contributed by atoms with Crippen LogP contribution < -0.4 is 10.1 Å².